The van der Waals surface area contributed by atoms with Crippen LogP contribution in [0.4, 0.5) is 0 Å². The van der Waals surface area contributed by atoms with Gasteiger partial charge in [0.05, 0.1) is 0 Å². The van der Waals surface area contributed by atoms with E-state index in [9.17, 15) is 0 Å². The van der Waals surface area contributed by atoms with Crippen LogP contribution in [0.1, 0.15) is 31.7 Å². The molecule has 1 fully saturated rings. The second-order valence-electron chi connectivity index (χ2n) is 4.41. The average Bonchev–Trinajstić information content (AvgIpc) is 2.19. The van der Waals surface area contributed by atoms with Crippen LogP contribution in [0.5, 0.6) is 0 Å². The van der Waals surface area contributed by atoms with Crippen LogP contribution in [0.15, 0.2) is 24.3 Å². The van der Waals surface area contributed by atoms with Crippen molar-refractivity contribution in [3.63, 3.8) is 0 Å². The summed E-state index contributed by atoms with van der Waals surface area (Å²) in [5.74, 6) is 0. The monoisotopic (exact) mass is 315 g/mol. The van der Waals surface area contributed by atoms with E-state index in [0.717, 1.165) is 6.54 Å². The summed E-state index contributed by atoms with van der Waals surface area (Å²) in [7, 11) is 2.25. The highest BCUT2D eigenvalue weighted by Crippen LogP contribution is 2.45. The van der Waals surface area contributed by atoms with Gasteiger partial charge in [-0.25, -0.2) is 0 Å². The topological polar surface area (TPSA) is 3.24 Å². The molecule has 0 saturated heterocycles. The van der Waals surface area contributed by atoms with Crippen LogP contribution in [0.2, 0.25) is 0 Å². The van der Waals surface area contributed by atoms with Crippen LogP contribution in [0.3, 0.4) is 0 Å². The Balaban J connectivity index is 2.30. The molecule has 15 heavy (non-hydrogen) atoms. The summed E-state index contributed by atoms with van der Waals surface area (Å²) in [5, 5.41) is 0. The molecule has 2 heteroatoms. The van der Waals surface area contributed by atoms with Gasteiger partial charge in [-0.1, -0.05) is 19.1 Å². The summed E-state index contributed by atoms with van der Waals surface area (Å²) < 4.78 is 1.32. The molecular weight excluding hydrogens is 297 g/mol. The minimum atomic E-state index is 0.346. The number of halogens is 1. The first-order valence-electron chi connectivity index (χ1n) is 5.66. The summed E-state index contributed by atoms with van der Waals surface area (Å²) in [5.41, 5.74) is 1.84. The van der Waals surface area contributed by atoms with Crippen LogP contribution < -0.4 is 0 Å². The Morgan fingerprint density at radius 2 is 1.87 bits per heavy atom. The van der Waals surface area contributed by atoms with E-state index in [2.05, 4.69) is 65.7 Å². The molecule has 0 heterocycles. The number of benzene rings is 1. The van der Waals surface area contributed by atoms with E-state index in [1.807, 2.05) is 0 Å². The largest absolute Gasteiger partial charge is 0.297 e. The van der Waals surface area contributed by atoms with E-state index in [1.54, 1.807) is 0 Å². The SMILES string of the molecule is CCN(C)C1(c2ccc(I)cc2)CCC1. The molecule has 0 bridgehead atoms. The van der Waals surface area contributed by atoms with Crippen molar-refractivity contribution in [3.05, 3.63) is 33.4 Å². The molecule has 0 radical (unpaired) electrons. The Morgan fingerprint density at radius 1 is 1.27 bits per heavy atom. The lowest BCUT2D eigenvalue weighted by Gasteiger charge is -2.49. The van der Waals surface area contributed by atoms with Crippen molar-refractivity contribution in [2.24, 2.45) is 0 Å². The molecule has 0 N–H and O–H groups in total. The fourth-order valence-corrected chi connectivity index (χ4v) is 2.82. The third-order valence-electron chi connectivity index (χ3n) is 3.77. The summed E-state index contributed by atoms with van der Waals surface area (Å²) in [6, 6.07) is 9.04. The first-order chi connectivity index (χ1) is 7.19. The lowest BCUT2D eigenvalue weighted by molar-refractivity contribution is 0.0391. The molecule has 1 aromatic rings. The van der Waals surface area contributed by atoms with Crippen molar-refractivity contribution < 1.29 is 0 Å². The summed E-state index contributed by atoms with van der Waals surface area (Å²) in [4.78, 5) is 2.50. The quantitative estimate of drug-likeness (QED) is 0.770. The van der Waals surface area contributed by atoms with Crippen molar-refractivity contribution in [2.45, 2.75) is 31.7 Å². The molecule has 1 aromatic carbocycles. The maximum absolute atomic E-state index is 2.50. The number of nitrogens with zero attached hydrogens (tertiary/aromatic N) is 1. The highest BCUT2D eigenvalue weighted by molar-refractivity contribution is 14.1. The van der Waals surface area contributed by atoms with Gasteiger partial charge in [0.1, 0.15) is 0 Å². The average molecular weight is 315 g/mol. The Bertz CT molecular complexity index is 327. The van der Waals surface area contributed by atoms with E-state index in [1.165, 1.54) is 28.4 Å². The molecule has 1 saturated carbocycles. The highest BCUT2D eigenvalue weighted by Gasteiger charge is 2.41. The first kappa shape index (κ1) is 11.4. The zero-order chi connectivity index (χ0) is 10.9. The lowest BCUT2D eigenvalue weighted by atomic mass is 9.70. The standard InChI is InChI=1S/C13H18IN/c1-3-15(2)13(9-4-10-13)11-5-7-12(14)8-6-11/h5-8H,3-4,9-10H2,1-2H3. The van der Waals surface area contributed by atoms with Gasteiger partial charge in [0, 0.05) is 9.11 Å². The van der Waals surface area contributed by atoms with Crippen LogP contribution in [0, 0.1) is 3.57 Å². The highest BCUT2D eigenvalue weighted by atomic mass is 127. The molecule has 0 aromatic heterocycles. The summed E-state index contributed by atoms with van der Waals surface area (Å²) >= 11 is 2.37. The smallest absolute Gasteiger partial charge is 0.0457 e. The maximum Gasteiger partial charge on any atom is 0.0457 e. The second kappa shape index (κ2) is 4.42. The minimum Gasteiger partial charge on any atom is -0.297 e. The fraction of sp³-hybridized carbons (Fsp3) is 0.538. The van der Waals surface area contributed by atoms with Gasteiger partial charge < -0.3 is 0 Å². The van der Waals surface area contributed by atoms with E-state index < -0.39 is 0 Å². The van der Waals surface area contributed by atoms with Crippen molar-refractivity contribution in [2.75, 3.05) is 13.6 Å². The number of hydrogen-bond donors (Lipinski definition) is 0. The van der Waals surface area contributed by atoms with E-state index in [-0.39, 0.29) is 0 Å². The van der Waals surface area contributed by atoms with E-state index in [4.69, 9.17) is 0 Å². The van der Waals surface area contributed by atoms with Crippen molar-refractivity contribution in [3.8, 4) is 0 Å². The molecule has 0 spiro atoms. The van der Waals surface area contributed by atoms with Gasteiger partial charge in [-0.05, 0) is 73.1 Å². The van der Waals surface area contributed by atoms with Gasteiger partial charge in [0.25, 0.3) is 0 Å². The second-order valence-corrected chi connectivity index (χ2v) is 5.65. The predicted octanol–water partition coefficient (Wildman–Crippen LogP) is 3.62. The molecule has 1 aliphatic carbocycles. The van der Waals surface area contributed by atoms with E-state index >= 15 is 0 Å². The van der Waals surface area contributed by atoms with Crippen LogP contribution in [-0.2, 0) is 5.54 Å². The van der Waals surface area contributed by atoms with Crippen LogP contribution in [-0.4, -0.2) is 18.5 Å². The molecule has 82 valence electrons. The zero-order valence-corrected chi connectivity index (χ0v) is 11.6. The molecular formula is C13H18IN. The first-order valence-corrected chi connectivity index (χ1v) is 6.74. The molecule has 1 nitrogen and oxygen atoms in total. The van der Waals surface area contributed by atoms with Crippen LogP contribution >= 0.6 is 22.6 Å². The number of rotatable bonds is 3. The Hall–Kier alpha value is -0.0900. The molecule has 1 aliphatic rings. The normalized spacial score (nSPS) is 18.9. The third-order valence-corrected chi connectivity index (χ3v) is 4.49. The van der Waals surface area contributed by atoms with Gasteiger partial charge in [-0.15, -0.1) is 0 Å². The summed E-state index contributed by atoms with van der Waals surface area (Å²) in [6.45, 7) is 3.37. The molecule has 2 rings (SSSR count). The molecule has 0 amide bonds. The van der Waals surface area contributed by atoms with Gasteiger partial charge >= 0.3 is 0 Å². The predicted molar refractivity (Wildman–Crippen MR) is 73.0 cm³/mol. The fourth-order valence-electron chi connectivity index (χ4n) is 2.47. The van der Waals surface area contributed by atoms with Crippen LogP contribution in [0.25, 0.3) is 0 Å². The van der Waals surface area contributed by atoms with Crippen molar-refractivity contribution in [1.29, 1.82) is 0 Å². The van der Waals surface area contributed by atoms with Gasteiger partial charge in [0.2, 0.25) is 0 Å². The Morgan fingerprint density at radius 3 is 2.27 bits per heavy atom. The number of hydrogen-bond acceptors (Lipinski definition) is 1. The molecule has 0 aliphatic heterocycles. The molecule has 0 unspecified atom stereocenters. The lowest BCUT2D eigenvalue weighted by Crippen LogP contribution is -2.48. The summed E-state index contributed by atoms with van der Waals surface area (Å²) in [6.07, 6.45) is 4.01. The van der Waals surface area contributed by atoms with Crippen molar-refractivity contribution >= 4 is 22.6 Å². The third kappa shape index (κ3) is 1.94. The maximum atomic E-state index is 2.50. The molecule has 0 atom stereocenters. The minimum absolute atomic E-state index is 0.346. The zero-order valence-electron chi connectivity index (χ0n) is 9.46. The van der Waals surface area contributed by atoms with Gasteiger partial charge in [-0.3, -0.25) is 4.90 Å². The Labute approximate surface area is 106 Å². The van der Waals surface area contributed by atoms with E-state index in [0.29, 0.717) is 5.54 Å². The van der Waals surface area contributed by atoms with Gasteiger partial charge in [0.15, 0.2) is 0 Å². The Kier molecular flexibility index (Phi) is 3.36. The van der Waals surface area contributed by atoms with Gasteiger partial charge in [-0.2, -0.15) is 0 Å². The van der Waals surface area contributed by atoms with Crippen molar-refractivity contribution in [1.82, 2.24) is 4.90 Å².